The predicted molar refractivity (Wildman–Crippen MR) is 133 cm³/mol. The average molecular weight is 441 g/mol. The third kappa shape index (κ3) is 4.79. The molecule has 1 heterocycles. The number of methoxy groups -OCH3 is 1. The molecule has 0 fully saturated rings. The SMILES string of the molecule is COc1ccc(-c2nc(NC(=O)/C(=C\c3ccccc3)c3ccccc3)sc2C)cc1C. The molecule has 0 aliphatic rings. The first-order valence-corrected chi connectivity index (χ1v) is 11.1. The van der Waals surface area contributed by atoms with Crippen molar-refractivity contribution in [1.29, 1.82) is 0 Å². The van der Waals surface area contributed by atoms with Crippen LogP contribution in [0.4, 0.5) is 5.13 Å². The number of thiazole rings is 1. The second kappa shape index (κ2) is 9.62. The Morgan fingerprint density at radius 3 is 2.31 bits per heavy atom. The Bertz CT molecular complexity index is 1260. The van der Waals surface area contributed by atoms with E-state index in [2.05, 4.69) is 11.4 Å². The normalized spacial score (nSPS) is 11.3. The maximum atomic E-state index is 13.3. The fraction of sp³-hybridized carbons (Fsp3) is 0.111. The summed E-state index contributed by atoms with van der Waals surface area (Å²) in [6, 6.07) is 25.5. The smallest absolute Gasteiger partial charge is 0.258 e. The molecule has 1 N–H and O–H groups in total. The standard InChI is InChI=1S/C27H24N2O2S/c1-18-16-22(14-15-24(18)31-3)25-19(2)32-27(28-25)29-26(30)23(21-12-8-5-9-13-21)17-20-10-6-4-7-11-20/h4-17H,1-3H3,(H,28,29,30)/b23-17-. The van der Waals surface area contributed by atoms with Crippen LogP contribution in [0.15, 0.2) is 78.9 Å². The van der Waals surface area contributed by atoms with E-state index in [0.717, 1.165) is 38.6 Å². The van der Waals surface area contributed by atoms with Crippen LogP contribution in [-0.2, 0) is 4.79 Å². The van der Waals surface area contributed by atoms with Crippen molar-refractivity contribution in [2.75, 3.05) is 12.4 Å². The molecule has 0 aliphatic carbocycles. The van der Waals surface area contributed by atoms with Crippen LogP contribution in [0.25, 0.3) is 22.9 Å². The van der Waals surface area contributed by atoms with Gasteiger partial charge in [-0.3, -0.25) is 10.1 Å². The van der Waals surface area contributed by atoms with E-state index in [-0.39, 0.29) is 5.91 Å². The Morgan fingerprint density at radius 1 is 0.969 bits per heavy atom. The van der Waals surface area contributed by atoms with Gasteiger partial charge in [-0.25, -0.2) is 4.98 Å². The molecule has 4 nitrogen and oxygen atoms in total. The summed E-state index contributed by atoms with van der Waals surface area (Å²) < 4.78 is 5.36. The molecule has 0 saturated carbocycles. The summed E-state index contributed by atoms with van der Waals surface area (Å²) in [6.45, 7) is 4.02. The van der Waals surface area contributed by atoms with Gasteiger partial charge in [-0.15, -0.1) is 11.3 Å². The van der Waals surface area contributed by atoms with Gasteiger partial charge in [0, 0.05) is 16.0 Å². The summed E-state index contributed by atoms with van der Waals surface area (Å²) in [4.78, 5) is 19.0. The summed E-state index contributed by atoms with van der Waals surface area (Å²) in [5, 5.41) is 3.58. The predicted octanol–water partition coefficient (Wildman–Crippen LogP) is 6.61. The fourth-order valence-electron chi connectivity index (χ4n) is 3.52. The molecule has 0 aliphatic heterocycles. The summed E-state index contributed by atoms with van der Waals surface area (Å²) in [6.07, 6.45) is 1.90. The van der Waals surface area contributed by atoms with Gasteiger partial charge in [0.05, 0.1) is 12.8 Å². The van der Waals surface area contributed by atoms with Crippen LogP contribution >= 0.6 is 11.3 Å². The quantitative estimate of drug-likeness (QED) is 0.271. The number of amides is 1. The third-order valence-electron chi connectivity index (χ3n) is 5.13. The van der Waals surface area contributed by atoms with Crippen molar-refractivity contribution in [3.05, 3.63) is 100 Å². The van der Waals surface area contributed by atoms with Crippen molar-refractivity contribution in [3.8, 4) is 17.0 Å². The zero-order valence-electron chi connectivity index (χ0n) is 18.3. The van der Waals surface area contributed by atoms with Gasteiger partial charge in [-0.05, 0) is 54.8 Å². The van der Waals surface area contributed by atoms with E-state index < -0.39 is 0 Å². The first kappa shape index (κ1) is 21.5. The summed E-state index contributed by atoms with van der Waals surface area (Å²) in [5.74, 6) is 0.653. The Balaban J connectivity index is 1.64. The number of rotatable bonds is 6. The molecule has 4 aromatic rings. The molecule has 3 aromatic carbocycles. The molecule has 0 saturated heterocycles. The molecule has 1 amide bonds. The summed E-state index contributed by atoms with van der Waals surface area (Å²) in [7, 11) is 1.66. The van der Waals surface area contributed by atoms with Crippen molar-refractivity contribution in [2.45, 2.75) is 13.8 Å². The highest BCUT2D eigenvalue weighted by atomic mass is 32.1. The highest BCUT2D eigenvalue weighted by Crippen LogP contribution is 2.33. The van der Waals surface area contributed by atoms with Gasteiger partial charge in [0.1, 0.15) is 5.75 Å². The number of aryl methyl sites for hydroxylation is 2. The number of hydrogen-bond acceptors (Lipinski definition) is 4. The zero-order valence-corrected chi connectivity index (χ0v) is 19.1. The number of nitrogens with zero attached hydrogens (tertiary/aromatic N) is 1. The first-order chi connectivity index (χ1) is 15.5. The minimum atomic E-state index is -0.189. The first-order valence-electron chi connectivity index (χ1n) is 10.3. The minimum absolute atomic E-state index is 0.189. The molecule has 1 aromatic heterocycles. The minimum Gasteiger partial charge on any atom is -0.496 e. The lowest BCUT2D eigenvalue weighted by atomic mass is 10.0. The van der Waals surface area contributed by atoms with Crippen molar-refractivity contribution >= 4 is 34.0 Å². The van der Waals surface area contributed by atoms with Crippen LogP contribution in [0.1, 0.15) is 21.6 Å². The van der Waals surface area contributed by atoms with Crippen molar-refractivity contribution in [3.63, 3.8) is 0 Å². The molecule has 5 heteroatoms. The van der Waals surface area contributed by atoms with Crippen LogP contribution < -0.4 is 10.1 Å². The number of carbonyl (C=O) groups excluding carboxylic acids is 1. The largest absolute Gasteiger partial charge is 0.496 e. The Labute approximate surface area is 192 Å². The molecule has 0 atom stereocenters. The van der Waals surface area contributed by atoms with Gasteiger partial charge < -0.3 is 4.74 Å². The maximum absolute atomic E-state index is 13.3. The second-order valence-electron chi connectivity index (χ2n) is 7.40. The number of anilines is 1. The summed E-state index contributed by atoms with van der Waals surface area (Å²) in [5.41, 5.74) is 5.32. The van der Waals surface area contributed by atoms with E-state index in [1.807, 2.05) is 92.7 Å². The number of ether oxygens (including phenoxy) is 1. The van der Waals surface area contributed by atoms with Gasteiger partial charge >= 0.3 is 0 Å². The molecule has 0 bridgehead atoms. The van der Waals surface area contributed by atoms with Gasteiger partial charge in [-0.2, -0.15) is 0 Å². The van der Waals surface area contributed by atoms with Gasteiger partial charge in [0.25, 0.3) is 5.91 Å². The van der Waals surface area contributed by atoms with E-state index in [4.69, 9.17) is 9.72 Å². The number of benzene rings is 3. The van der Waals surface area contributed by atoms with E-state index in [1.165, 1.54) is 11.3 Å². The van der Waals surface area contributed by atoms with Crippen LogP contribution in [0.5, 0.6) is 5.75 Å². The lowest BCUT2D eigenvalue weighted by molar-refractivity contribution is -0.111. The lowest BCUT2D eigenvalue weighted by Crippen LogP contribution is -2.13. The van der Waals surface area contributed by atoms with Crippen LogP contribution in [0.2, 0.25) is 0 Å². The van der Waals surface area contributed by atoms with E-state index in [9.17, 15) is 4.79 Å². The van der Waals surface area contributed by atoms with Crippen LogP contribution in [0.3, 0.4) is 0 Å². The Morgan fingerprint density at radius 2 is 1.66 bits per heavy atom. The molecular weight excluding hydrogens is 416 g/mol. The van der Waals surface area contributed by atoms with E-state index in [1.54, 1.807) is 7.11 Å². The average Bonchev–Trinajstić information content (AvgIpc) is 3.18. The molecule has 0 unspecified atom stereocenters. The van der Waals surface area contributed by atoms with Crippen LogP contribution in [0, 0.1) is 13.8 Å². The molecule has 0 spiro atoms. The van der Waals surface area contributed by atoms with Crippen molar-refractivity contribution in [2.24, 2.45) is 0 Å². The van der Waals surface area contributed by atoms with Gasteiger partial charge in [-0.1, -0.05) is 60.7 Å². The number of hydrogen-bond donors (Lipinski definition) is 1. The Hall–Kier alpha value is -3.70. The van der Waals surface area contributed by atoms with Crippen molar-refractivity contribution in [1.82, 2.24) is 4.98 Å². The highest BCUT2D eigenvalue weighted by molar-refractivity contribution is 7.16. The Kier molecular flexibility index (Phi) is 6.47. The third-order valence-corrected chi connectivity index (χ3v) is 6.01. The van der Waals surface area contributed by atoms with E-state index in [0.29, 0.717) is 10.7 Å². The van der Waals surface area contributed by atoms with Gasteiger partial charge in [0.15, 0.2) is 5.13 Å². The molecule has 32 heavy (non-hydrogen) atoms. The molecule has 4 rings (SSSR count). The topological polar surface area (TPSA) is 51.2 Å². The zero-order chi connectivity index (χ0) is 22.5. The highest BCUT2D eigenvalue weighted by Gasteiger charge is 2.17. The lowest BCUT2D eigenvalue weighted by Gasteiger charge is -2.08. The number of carbonyl (C=O) groups is 1. The molecular formula is C27H24N2O2S. The van der Waals surface area contributed by atoms with Crippen LogP contribution in [-0.4, -0.2) is 18.0 Å². The van der Waals surface area contributed by atoms with E-state index >= 15 is 0 Å². The summed E-state index contributed by atoms with van der Waals surface area (Å²) >= 11 is 1.47. The number of aromatic nitrogens is 1. The van der Waals surface area contributed by atoms with Gasteiger partial charge in [0.2, 0.25) is 0 Å². The fourth-order valence-corrected chi connectivity index (χ4v) is 4.35. The monoisotopic (exact) mass is 440 g/mol. The second-order valence-corrected chi connectivity index (χ2v) is 8.60. The van der Waals surface area contributed by atoms with Crippen molar-refractivity contribution < 1.29 is 9.53 Å². The molecule has 0 radical (unpaired) electrons. The number of nitrogens with one attached hydrogen (secondary N) is 1. The maximum Gasteiger partial charge on any atom is 0.258 e. The molecule has 160 valence electrons.